The molecule has 112 valence electrons. The number of anilines is 1. The Kier molecular flexibility index (Phi) is 4.65. The molecule has 3 aromatic carbocycles. The first-order valence-electron chi connectivity index (χ1n) is 7.51. The Morgan fingerprint density at radius 1 is 0.696 bits per heavy atom. The maximum Gasteiger partial charge on any atom is 0.255 e. The Labute approximate surface area is 136 Å². The molecule has 2 heteroatoms. The van der Waals surface area contributed by atoms with Crippen LogP contribution in [0.2, 0.25) is 0 Å². The molecule has 0 saturated heterocycles. The van der Waals surface area contributed by atoms with Gasteiger partial charge in [-0.05, 0) is 29.3 Å². The summed E-state index contributed by atoms with van der Waals surface area (Å²) in [7, 11) is 0. The lowest BCUT2D eigenvalue weighted by molar-refractivity contribution is 0.102. The van der Waals surface area contributed by atoms with Gasteiger partial charge in [0.25, 0.3) is 5.91 Å². The molecule has 3 rings (SSSR count). The Bertz CT molecular complexity index is 808. The van der Waals surface area contributed by atoms with Crippen LogP contribution in [0.4, 0.5) is 5.69 Å². The Balaban J connectivity index is 1.81. The fourth-order valence-corrected chi connectivity index (χ4v) is 2.29. The van der Waals surface area contributed by atoms with E-state index in [1.165, 1.54) is 0 Å². The average Bonchev–Trinajstić information content (AvgIpc) is 2.62. The predicted molar refractivity (Wildman–Crippen MR) is 96.2 cm³/mol. The third kappa shape index (κ3) is 3.95. The first kappa shape index (κ1) is 14.8. The van der Waals surface area contributed by atoms with Crippen LogP contribution in [0, 0.1) is 0 Å². The quantitative estimate of drug-likeness (QED) is 0.666. The monoisotopic (exact) mass is 299 g/mol. The second-order valence-electron chi connectivity index (χ2n) is 5.15. The van der Waals surface area contributed by atoms with E-state index in [0.29, 0.717) is 5.56 Å². The summed E-state index contributed by atoms with van der Waals surface area (Å²) >= 11 is 0. The van der Waals surface area contributed by atoms with Crippen LogP contribution < -0.4 is 5.32 Å². The highest BCUT2D eigenvalue weighted by atomic mass is 16.1. The molecule has 0 heterocycles. The van der Waals surface area contributed by atoms with Crippen molar-refractivity contribution in [1.29, 1.82) is 0 Å². The van der Waals surface area contributed by atoms with Crippen molar-refractivity contribution in [2.45, 2.75) is 0 Å². The van der Waals surface area contributed by atoms with Crippen molar-refractivity contribution in [3.05, 3.63) is 102 Å². The minimum absolute atomic E-state index is 0.105. The fraction of sp³-hybridized carbons (Fsp3) is 0. The van der Waals surface area contributed by atoms with Gasteiger partial charge in [-0.3, -0.25) is 4.79 Å². The number of carbonyl (C=O) groups is 1. The molecule has 1 amide bonds. The van der Waals surface area contributed by atoms with Gasteiger partial charge in [-0.1, -0.05) is 78.9 Å². The molecule has 1 N–H and O–H groups in total. The van der Waals surface area contributed by atoms with Crippen LogP contribution in [0.1, 0.15) is 21.5 Å². The van der Waals surface area contributed by atoms with E-state index >= 15 is 0 Å². The second-order valence-corrected chi connectivity index (χ2v) is 5.15. The Morgan fingerprint density at radius 3 is 2.04 bits per heavy atom. The van der Waals surface area contributed by atoms with Gasteiger partial charge in [-0.15, -0.1) is 0 Å². The lowest BCUT2D eigenvalue weighted by Gasteiger charge is -2.08. The zero-order valence-corrected chi connectivity index (χ0v) is 12.6. The van der Waals surface area contributed by atoms with Gasteiger partial charge in [0, 0.05) is 11.3 Å². The van der Waals surface area contributed by atoms with Crippen molar-refractivity contribution < 1.29 is 4.79 Å². The SMILES string of the molecule is O=C(Nc1ccccc1C=Cc1ccccc1)c1ccccc1. The summed E-state index contributed by atoms with van der Waals surface area (Å²) in [5.41, 5.74) is 3.54. The molecule has 0 aliphatic rings. The highest BCUT2D eigenvalue weighted by Gasteiger charge is 2.06. The number of carbonyl (C=O) groups excluding carboxylic acids is 1. The Hall–Kier alpha value is -3.13. The van der Waals surface area contributed by atoms with Crippen molar-refractivity contribution in [2.24, 2.45) is 0 Å². The normalized spacial score (nSPS) is 10.6. The fourth-order valence-electron chi connectivity index (χ4n) is 2.29. The van der Waals surface area contributed by atoms with E-state index in [9.17, 15) is 4.79 Å². The topological polar surface area (TPSA) is 29.1 Å². The van der Waals surface area contributed by atoms with E-state index in [0.717, 1.165) is 16.8 Å². The van der Waals surface area contributed by atoms with Gasteiger partial charge >= 0.3 is 0 Å². The Morgan fingerprint density at radius 2 is 1.30 bits per heavy atom. The van der Waals surface area contributed by atoms with Crippen LogP contribution in [0.25, 0.3) is 12.2 Å². The molecule has 3 aromatic rings. The molecule has 2 nitrogen and oxygen atoms in total. The average molecular weight is 299 g/mol. The zero-order chi connectivity index (χ0) is 15.9. The summed E-state index contributed by atoms with van der Waals surface area (Å²) in [5, 5.41) is 2.97. The molecule has 0 aliphatic heterocycles. The van der Waals surface area contributed by atoms with E-state index in [1.807, 2.05) is 84.9 Å². The summed E-state index contributed by atoms with van der Waals surface area (Å²) in [5.74, 6) is -0.105. The van der Waals surface area contributed by atoms with Gasteiger partial charge in [0.05, 0.1) is 0 Å². The van der Waals surface area contributed by atoms with E-state index in [2.05, 4.69) is 5.32 Å². The van der Waals surface area contributed by atoms with Gasteiger partial charge in [-0.25, -0.2) is 0 Å². The van der Waals surface area contributed by atoms with Crippen LogP contribution in [-0.4, -0.2) is 5.91 Å². The maximum atomic E-state index is 12.3. The summed E-state index contributed by atoms with van der Waals surface area (Å²) in [6.45, 7) is 0. The highest BCUT2D eigenvalue weighted by molar-refractivity contribution is 6.05. The van der Waals surface area contributed by atoms with Crippen molar-refractivity contribution in [2.75, 3.05) is 5.32 Å². The first-order valence-corrected chi connectivity index (χ1v) is 7.51. The van der Waals surface area contributed by atoms with Gasteiger partial charge in [-0.2, -0.15) is 0 Å². The van der Waals surface area contributed by atoms with Gasteiger partial charge in [0.2, 0.25) is 0 Å². The number of hydrogen-bond donors (Lipinski definition) is 1. The number of benzene rings is 3. The van der Waals surface area contributed by atoms with Crippen LogP contribution in [0.3, 0.4) is 0 Å². The van der Waals surface area contributed by atoms with Gasteiger partial charge in [0.15, 0.2) is 0 Å². The number of rotatable bonds is 4. The number of hydrogen-bond acceptors (Lipinski definition) is 1. The third-order valence-electron chi connectivity index (χ3n) is 3.50. The van der Waals surface area contributed by atoms with Crippen LogP contribution in [0.15, 0.2) is 84.9 Å². The van der Waals surface area contributed by atoms with Gasteiger partial charge in [0.1, 0.15) is 0 Å². The number of para-hydroxylation sites is 1. The summed E-state index contributed by atoms with van der Waals surface area (Å²) in [6.07, 6.45) is 4.05. The van der Waals surface area contributed by atoms with Crippen LogP contribution in [-0.2, 0) is 0 Å². The molecule has 0 saturated carbocycles. The summed E-state index contributed by atoms with van der Waals surface area (Å²) in [6, 6.07) is 27.1. The van der Waals surface area contributed by atoms with Crippen molar-refractivity contribution in [3.8, 4) is 0 Å². The van der Waals surface area contributed by atoms with E-state index in [-0.39, 0.29) is 5.91 Å². The lowest BCUT2D eigenvalue weighted by atomic mass is 10.1. The minimum atomic E-state index is -0.105. The van der Waals surface area contributed by atoms with Crippen LogP contribution >= 0.6 is 0 Å². The standard InChI is InChI=1S/C21H17NO/c23-21(19-12-5-2-6-13-19)22-20-14-8-7-11-18(20)16-15-17-9-3-1-4-10-17/h1-16H,(H,22,23). The minimum Gasteiger partial charge on any atom is -0.321 e. The third-order valence-corrected chi connectivity index (χ3v) is 3.50. The number of amides is 1. The molecule has 0 bridgehead atoms. The van der Waals surface area contributed by atoms with Crippen LogP contribution in [0.5, 0.6) is 0 Å². The van der Waals surface area contributed by atoms with E-state index < -0.39 is 0 Å². The molecule has 0 aromatic heterocycles. The molecule has 23 heavy (non-hydrogen) atoms. The zero-order valence-electron chi connectivity index (χ0n) is 12.6. The van der Waals surface area contributed by atoms with E-state index in [1.54, 1.807) is 12.1 Å². The smallest absolute Gasteiger partial charge is 0.255 e. The molecule has 0 unspecified atom stereocenters. The van der Waals surface area contributed by atoms with Crippen molar-refractivity contribution in [1.82, 2.24) is 0 Å². The molecular formula is C21H17NO. The molecule has 0 fully saturated rings. The highest BCUT2D eigenvalue weighted by Crippen LogP contribution is 2.19. The largest absolute Gasteiger partial charge is 0.321 e. The molecular weight excluding hydrogens is 282 g/mol. The molecule has 0 radical (unpaired) electrons. The van der Waals surface area contributed by atoms with Gasteiger partial charge < -0.3 is 5.32 Å². The molecule has 0 atom stereocenters. The predicted octanol–water partition coefficient (Wildman–Crippen LogP) is 5.11. The number of nitrogens with one attached hydrogen (secondary N) is 1. The summed E-state index contributed by atoms with van der Waals surface area (Å²) < 4.78 is 0. The molecule has 0 spiro atoms. The maximum absolute atomic E-state index is 12.3. The van der Waals surface area contributed by atoms with Crippen molar-refractivity contribution >= 4 is 23.7 Å². The van der Waals surface area contributed by atoms with Crippen molar-refractivity contribution in [3.63, 3.8) is 0 Å². The second kappa shape index (κ2) is 7.23. The first-order chi connectivity index (χ1) is 11.3. The van der Waals surface area contributed by atoms with E-state index in [4.69, 9.17) is 0 Å². The molecule has 0 aliphatic carbocycles. The lowest BCUT2D eigenvalue weighted by Crippen LogP contribution is -2.12. The summed E-state index contributed by atoms with van der Waals surface area (Å²) in [4.78, 5) is 12.3.